The summed E-state index contributed by atoms with van der Waals surface area (Å²) in [5, 5.41) is 6.64. The Morgan fingerprint density at radius 2 is 1.52 bits per heavy atom. The number of hydrogen-bond donors (Lipinski definition) is 2. The van der Waals surface area contributed by atoms with Crippen LogP contribution in [0.1, 0.15) is 16.7 Å². The van der Waals surface area contributed by atoms with Crippen LogP contribution in [0.25, 0.3) is 0 Å². The van der Waals surface area contributed by atoms with E-state index in [2.05, 4.69) is 27.8 Å². The van der Waals surface area contributed by atoms with E-state index in [1.54, 1.807) is 35.5 Å². The highest BCUT2D eigenvalue weighted by Gasteiger charge is 2.13. The second-order valence-electron chi connectivity index (χ2n) is 6.43. The van der Waals surface area contributed by atoms with Crippen molar-refractivity contribution in [3.05, 3.63) is 47.0 Å². The maximum absolute atomic E-state index is 5.51. The fraction of sp³-hybridized carbons (Fsp3) is 0.409. The fourth-order valence-electron chi connectivity index (χ4n) is 3.03. The second-order valence-corrected chi connectivity index (χ2v) is 6.43. The Hall–Kier alpha value is -3.09. The molecule has 0 aliphatic heterocycles. The van der Waals surface area contributed by atoms with Crippen molar-refractivity contribution in [1.82, 2.24) is 10.6 Å². The fourth-order valence-corrected chi connectivity index (χ4v) is 3.03. The molecule has 0 atom stereocenters. The predicted molar refractivity (Wildman–Crippen MR) is 116 cm³/mol. The minimum Gasteiger partial charge on any atom is -0.496 e. The highest BCUT2D eigenvalue weighted by molar-refractivity contribution is 5.79. The molecule has 0 fully saturated rings. The van der Waals surface area contributed by atoms with Gasteiger partial charge >= 0.3 is 0 Å². The lowest BCUT2D eigenvalue weighted by atomic mass is 10.1. The van der Waals surface area contributed by atoms with Crippen molar-refractivity contribution < 1.29 is 18.9 Å². The summed E-state index contributed by atoms with van der Waals surface area (Å²) in [5.41, 5.74) is 3.20. The van der Waals surface area contributed by atoms with Crippen LogP contribution in [0.15, 0.2) is 35.3 Å². The maximum atomic E-state index is 5.51. The molecule has 7 heteroatoms. The molecule has 0 saturated carbocycles. The zero-order chi connectivity index (χ0) is 21.2. The molecule has 158 valence electrons. The van der Waals surface area contributed by atoms with Gasteiger partial charge < -0.3 is 29.6 Å². The highest BCUT2D eigenvalue weighted by atomic mass is 16.5. The van der Waals surface area contributed by atoms with Gasteiger partial charge in [0.05, 0.1) is 28.4 Å². The summed E-state index contributed by atoms with van der Waals surface area (Å²) in [5.74, 6) is 3.73. The van der Waals surface area contributed by atoms with E-state index in [0.29, 0.717) is 31.2 Å². The molecule has 2 aromatic rings. The third-order valence-electron chi connectivity index (χ3n) is 4.60. The summed E-state index contributed by atoms with van der Waals surface area (Å²) in [6, 6.07) is 9.86. The Kier molecular flexibility index (Phi) is 8.45. The van der Waals surface area contributed by atoms with Crippen molar-refractivity contribution in [3.63, 3.8) is 0 Å². The Labute approximate surface area is 173 Å². The van der Waals surface area contributed by atoms with E-state index in [-0.39, 0.29) is 0 Å². The third kappa shape index (κ3) is 5.94. The van der Waals surface area contributed by atoms with Gasteiger partial charge in [0.15, 0.2) is 5.96 Å². The van der Waals surface area contributed by atoms with Crippen LogP contribution in [0.2, 0.25) is 0 Å². The van der Waals surface area contributed by atoms with Gasteiger partial charge in [0.1, 0.15) is 23.0 Å². The van der Waals surface area contributed by atoms with E-state index < -0.39 is 0 Å². The van der Waals surface area contributed by atoms with E-state index in [1.165, 1.54) is 0 Å². The van der Waals surface area contributed by atoms with Crippen LogP contribution in [-0.4, -0.2) is 48.0 Å². The minimum absolute atomic E-state index is 0.609. The molecule has 0 unspecified atom stereocenters. The number of hydrogen-bond acceptors (Lipinski definition) is 5. The van der Waals surface area contributed by atoms with Gasteiger partial charge in [-0.05, 0) is 25.0 Å². The Morgan fingerprint density at radius 3 is 2.07 bits per heavy atom. The molecule has 2 aromatic carbocycles. The summed E-state index contributed by atoms with van der Waals surface area (Å²) >= 11 is 0. The molecular weight excluding hydrogens is 370 g/mol. The summed E-state index contributed by atoms with van der Waals surface area (Å²) in [6.07, 6.45) is 0.699. The quantitative estimate of drug-likeness (QED) is 0.497. The van der Waals surface area contributed by atoms with E-state index in [9.17, 15) is 0 Å². The third-order valence-corrected chi connectivity index (χ3v) is 4.60. The normalized spacial score (nSPS) is 11.0. The lowest BCUT2D eigenvalue weighted by molar-refractivity contribution is 0.368. The van der Waals surface area contributed by atoms with Crippen LogP contribution in [0, 0.1) is 6.92 Å². The Balaban J connectivity index is 1.99. The zero-order valence-corrected chi connectivity index (χ0v) is 18.1. The van der Waals surface area contributed by atoms with Gasteiger partial charge in [0.2, 0.25) is 0 Å². The number of benzene rings is 2. The molecule has 0 bridgehead atoms. The lowest BCUT2D eigenvalue weighted by Crippen LogP contribution is -2.38. The Morgan fingerprint density at radius 1 is 0.862 bits per heavy atom. The second kappa shape index (κ2) is 11.0. The number of aliphatic imine (C=N–C) groups is 1. The topological polar surface area (TPSA) is 73.3 Å². The summed E-state index contributed by atoms with van der Waals surface area (Å²) in [7, 11) is 8.33. The summed E-state index contributed by atoms with van der Waals surface area (Å²) in [6.45, 7) is 3.31. The minimum atomic E-state index is 0.609. The lowest BCUT2D eigenvalue weighted by Gasteiger charge is -2.17. The molecule has 2 N–H and O–H groups in total. The molecule has 0 radical (unpaired) electrons. The number of aryl methyl sites for hydroxylation is 1. The first kappa shape index (κ1) is 22.2. The van der Waals surface area contributed by atoms with Crippen molar-refractivity contribution in [2.24, 2.45) is 4.99 Å². The monoisotopic (exact) mass is 401 g/mol. The number of methoxy groups -OCH3 is 4. The molecule has 0 aliphatic carbocycles. The Bertz CT molecular complexity index is 812. The zero-order valence-electron chi connectivity index (χ0n) is 18.1. The molecule has 2 rings (SSSR count). The van der Waals surface area contributed by atoms with E-state index in [4.69, 9.17) is 18.9 Å². The average molecular weight is 402 g/mol. The molecule has 0 saturated heterocycles. The first-order valence-electron chi connectivity index (χ1n) is 9.43. The number of nitrogens with one attached hydrogen (secondary N) is 2. The number of rotatable bonds is 9. The van der Waals surface area contributed by atoms with Gasteiger partial charge in [0.25, 0.3) is 0 Å². The molecule has 0 spiro atoms. The molecule has 0 aromatic heterocycles. The number of nitrogens with zero attached hydrogens (tertiary/aromatic N) is 1. The molecular formula is C22H31N3O4. The van der Waals surface area contributed by atoms with Crippen LogP contribution in [0.3, 0.4) is 0 Å². The summed E-state index contributed by atoms with van der Waals surface area (Å²) < 4.78 is 21.8. The molecule has 7 nitrogen and oxygen atoms in total. The highest BCUT2D eigenvalue weighted by Crippen LogP contribution is 2.34. The smallest absolute Gasteiger partial charge is 0.191 e. The maximum Gasteiger partial charge on any atom is 0.191 e. The summed E-state index contributed by atoms with van der Waals surface area (Å²) in [4.78, 5) is 4.29. The van der Waals surface area contributed by atoms with E-state index >= 15 is 0 Å². The van der Waals surface area contributed by atoms with Crippen molar-refractivity contribution in [1.29, 1.82) is 0 Å². The average Bonchev–Trinajstić information content (AvgIpc) is 2.76. The van der Waals surface area contributed by atoms with Crippen molar-refractivity contribution in [2.75, 3.05) is 42.0 Å². The van der Waals surface area contributed by atoms with Crippen molar-refractivity contribution >= 4 is 5.96 Å². The first-order chi connectivity index (χ1) is 14.1. The standard InChI is InChI=1S/C22H31N3O4/c1-15-7-8-16(19(11-15)27-4)14-25-22(23-2)24-10-9-18-20(28-5)12-17(26-3)13-21(18)29-6/h7-8,11-13H,9-10,14H2,1-6H3,(H2,23,24,25). The van der Waals surface area contributed by atoms with Crippen LogP contribution >= 0.6 is 0 Å². The largest absolute Gasteiger partial charge is 0.496 e. The molecule has 0 aliphatic rings. The molecule has 0 amide bonds. The van der Waals surface area contributed by atoms with E-state index in [1.807, 2.05) is 25.1 Å². The van der Waals surface area contributed by atoms with Crippen LogP contribution < -0.4 is 29.6 Å². The molecule has 29 heavy (non-hydrogen) atoms. The van der Waals surface area contributed by atoms with Gasteiger partial charge in [-0.2, -0.15) is 0 Å². The van der Waals surface area contributed by atoms with Gasteiger partial charge in [-0.15, -0.1) is 0 Å². The van der Waals surface area contributed by atoms with Crippen LogP contribution in [0.4, 0.5) is 0 Å². The van der Waals surface area contributed by atoms with Gasteiger partial charge in [0, 0.05) is 43.4 Å². The van der Waals surface area contributed by atoms with Gasteiger partial charge in [-0.25, -0.2) is 0 Å². The van der Waals surface area contributed by atoms with Gasteiger partial charge in [-0.1, -0.05) is 12.1 Å². The van der Waals surface area contributed by atoms with Gasteiger partial charge in [-0.3, -0.25) is 4.99 Å². The number of guanidine groups is 1. The number of ether oxygens (including phenoxy) is 4. The predicted octanol–water partition coefficient (Wildman–Crippen LogP) is 2.94. The van der Waals surface area contributed by atoms with E-state index in [0.717, 1.165) is 33.9 Å². The van der Waals surface area contributed by atoms with Crippen molar-refractivity contribution in [3.8, 4) is 23.0 Å². The van der Waals surface area contributed by atoms with Crippen LogP contribution in [0.5, 0.6) is 23.0 Å². The van der Waals surface area contributed by atoms with Crippen LogP contribution in [-0.2, 0) is 13.0 Å². The first-order valence-corrected chi connectivity index (χ1v) is 9.43. The molecule has 0 heterocycles. The van der Waals surface area contributed by atoms with Crippen molar-refractivity contribution in [2.45, 2.75) is 19.9 Å². The SMILES string of the molecule is CN=C(NCCc1c(OC)cc(OC)cc1OC)NCc1ccc(C)cc1OC.